The fraction of sp³-hybridized carbons (Fsp3) is 0.222. The molecule has 6 heteroatoms. The molecule has 0 atom stereocenters. The molecule has 1 aromatic heterocycles. The highest BCUT2D eigenvalue weighted by atomic mass is 16.5. The van der Waals surface area contributed by atoms with Gasteiger partial charge in [-0.15, -0.1) is 0 Å². The molecular formula is C18H19N3O3. The van der Waals surface area contributed by atoms with Gasteiger partial charge in [-0.05, 0) is 38.4 Å². The van der Waals surface area contributed by atoms with E-state index in [1.165, 1.54) is 0 Å². The fourth-order valence-corrected chi connectivity index (χ4v) is 2.21. The number of phenolic OH excluding ortho intramolecular Hbond substituents is 1. The third-order valence-corrected chi connectivity index (χ3v) is 3.48. The molecule has 3 aromatic rings. The molecule has 0 aliphatic rings. The highest BCUT2D eigenvalue weighted by Crippen LogP contribution is 2.32. The molecule has 6 nitrogen and oxygen atoms in total. The van der Waals surface area contributed by atoms with Crippen molar-refractivity contribution in [2.75, 3.05) is 27.2 Å². The van der Waals surface area contributed by atoms with Gasteiger partial charge >= 0.3 is 0 Å². The van der Waals surface area contributed by atoms with Gasteiger partial charge in [-0.1, -0.05) is 29.4 Å². The van der Waals surface area contributed by atoms with E-state index in [4.69, 9.17) is 9.26 Å². The monoisotopic (exact) mass is 325 g/mol. The predicted molar refractivity (Wildman–Crippen MR) is 90.9 cm³/mol. The number of nitrogens with zero attached hydrogens (tertiary/aromatic N) is 3. The van der Waals surface area contributed by atoms with Gasteiger partial charge in [0.1, 0.15) is 18.1 Å². The minimum Gasteiger partial charge on any atom is -0.507 e. The van der Waals surface area contributed by atoms with Crippen LogP contribution in [0.5, 0.6) is 11.5 Å². The third kappa shape index (κ3) is 3.55. The second-order valence-corrected chi connectivity index (χ2v) is 5.59. The lowest BCUT2D eigenvalue weighted by Crippen LogP contribution is -2.19. The van der Waals surface area contributed by atoms with E-state index in [2.05, 4.69) is 10.1 Å². The smallest absolute Gasteiger partial charge is 0.262 e. The SMILES string of the molecule is CN(C)CCOc1ccccc1-c1noc(-c2ccccc2O)n1. The number of aromatic nitrogens is 2. The molecule has 1 N–H and O–H groups in total. The number of phenols is 1. The van der Waals surface area contributed by atoms with E-state index in [9.17, 15) is 5.11 Å². The lowest BCUT2D eigenvalue weighted by molar-refractivity contribution is 0.262. The van der Waals surface area contributed by atoms with Crippen LogP contribution < -0.4 is 4.74 Å². The lowest BCUT2D eigenvalue weighted by atomic mass is 10.2. The molecule has 1 heterocycles. The number of aromatic hydroxyl groups is 1. The summed E-state index contributed by atoms with van der Waals surface area (Å²) >= 11 is 0. The number of likely N-dealkylation sites (N-methyl/N-ethyl adjacent to an activating group) is 1. The van der Waals surface area contributed by atoms with Gasteiger partial charge in [0.25, 0.3) is 5.89 Å². The van der Waals surface area contributed by atoms with Crippen LogP contribution in [0.4, 0.5) is 0 Å². The maximum absolute atomic E-state index is 9.91. The second kappa shape index (κ2) is 7.14. The number of hydrogen-bond donors (Lipinski definition) is 1. The number of benzene rings is 2. The number of para-hydroxylation sites is 2. The zero-order valence-electron chi connectivity index (χ0n) is 13.6. The summed E-state index contributed by atoms with van der Waals surface area (Å²) in [6.45, 7) is 1.37. The molecule has 0 radical (unpaired) electrons. The zero-order chi connectivity index (χ0) is 16.9. The van der Waals surface area contributed by atoms with E-state index in [1.807, 2.05) is 43.3 Å². The van der Waals surface area contributed by atoms with Gasteiger partial charge in [0.05, 0.1) is 11.1 Å². The molecule has 124 valence electrons. The van der Waals surface area contributed by atoms with Crippen LogP contribution in [0.3, 0.4) is 0 Å². The van der Waals surface area contributed by atoms with Crippen molar-refractivity contribution in [3.05, 3.63) is 48.5 Å². The first-order chi connectivity index (χ1) is 11.6. The first-order valence-electron chi connectivity index (χ1n) is 7.64. The van der Waals surface area contributed by atoms with Crippen molar-refractivity contribution in [3.63, 3.8) is 0 Å². The topological polar surface area (TPSA) is 71.6 Å². The van der Waals surface area contributed by atoms with Crippen LogP contribution in [0.2, 0.25) is 0 Å². The standard InChI is InChI=1S/C18H19N3O3/c1-21(2)11-12-23-16-10-6-4-8-14(16)17-19-18(24-20-17)13-7-3-5-9-15(13)22/h3-10,22H,11-12H2,1-2H3. The van der Waals surface area contributed by atoms with Crippen LogP contribution >= 0.6 is 0 Å². The minimum atomic E-state index is 0.100. The van der Waals surface area contributed by atoms with E-state index in [-0.39, 0.29) is 11.6 Å². The Morgan fingerprint density at radius 1 is 1.04 bits per heavy atom. The van der Waals surface area contributed by atoms with Crippen molar-refractivity contribution in [3.8, 4) is 34.3 Å². The van der Waals surface area contributed by atoms with Gasteiger partial charge in [-0.3, -0.25) is 0 Å². The van der Waals surface area contributed by atoms with Crippen molar-refractivity contribution in [2.45, 2.75) is 0 Å². The van der Waals surface area contributed by atoms with Gasteiger partial charge in [-0.2, -0.15) is 4.98 Å². The predicted octanol–water partition coefficient (Wildman–Crippen LogP) is 3.05. The largest absolute Gasteiger partial charge is 0.507 e. The summed E-state index contributed by atoms with van der Waals surface area (Å²) in [4.78, 5) is 6.44. The Bertz CT molecular complexity index is 815. The first-order valence-corrected chi connectivity index (χ1v) is 7.64. The molecule has 3 rings (SSSR count). The Morgan fingerprint density at radius 3 is 2.50 bits per heavy atom. The molecule has 0 saturated heterocycles. The van der Waals surface area contributed by atoms with E-state index >= 15 is 0 Å². The summed E-state index contributed by atoms with van der Waals surface area (Å²) < 4.78 is 11.1. The average Bonchev–Trinajstić information content (AvgIpc) is 3.05. The molecule has 0 aliphatic carbocycles. The van der Waals surface area contributed by atoms with Crippen molar-refractivity contribution in [2.24, 2.45) is 0 Å². The van der Waals surface area contributed by atoms with Crippen LogP contribution in [0.25, 0.3) is 22.8 Å². The molecule has 2 aromatic carbocycles. The van der Waals surface area contributed by atoms with E-state index in [1.54, 1.807) is 24.3 Å². The Balaban J connectivity index is 1.87. The highest BCUT2D eigenvalue weighted by molar-refractivity contribution is 5.67. The van der Waals surface area contributed by atoms with Gasteiger partial charge in [-0.25, -0.2) is 0 Å². The van der Waals surface area contributed by atoms with Gasteiger partial charge < -0.3 is 19.3 Å². The third-order valence-electron chi connectivity index (χ3n) is 3.48. The summed E-state index contributed by atoms with van der Waals surface area (Å²) in [6, 6.07) is 14.4. The van der Waals surface area contributed by atoms with Crippen LogP contribution in [-0.2, 0) is 0 Å². The summed E-state index contributed by atoms with van der Waals surface area (Å²) in [5.41, 5.74) is 1.25. The summed E-state index contributed by atoms with van der Waals surface area (Å²) in [7, 11) is 3.99. The molecule has 0 unspecified atom stereocenters. The quantitative estimate of drug-likeness (QED) is 0.751. The van der Waals surface area contributed by atoms with Crippen LogP contribution in [0, 0.1) is 0 Å². The molecule has 0 aliphatic heterocycles. The Labute approximate surface area is 140 Å². The van der Waals surface area contributed by atoms with Gasteiger partial charge in [0.2, 0.25) is 5.82 Å². The molecular weight excluding hydrogens is 306 g/mol. The highest BCUT2D eigenvalue weighted by Gasteiger charge is 2.16. The molecule has 0 bridgehead atoms. The first kappa shape index (κ1) is 16.0. The van der Waals surface area contributed by atoms with Crippen LogP contribution in [-0.4, -0.2) is 47.4 Å². The average molecular weight is 325 g/mol. The fourth-order valence-electron chi connectivity index (χ4n) is 2.21. The van der Waals surface area contributed by atoms with Gasteiger partial charge in [0.15, 0.2) is 0 Å². The van der Waals surface area contributed by atoms with Crippen LogP contribution in [0.15, 0.2) is 53.1 Å². The summed E-state index contributed by atoms with van der Waals surface area (Å²) in [6.07, 6.45) is 0. The minimum absolute atomic E-state index is 0.100. The van der Waals surface area contributed by atoms with E-state index in [0.29, 0.717) is 23.7 Å². The molecule has 0 spiro atoms. The van der Waals surface area contributed by atoms with Gasteiger partial charge in [0, 0.05) is 6.54 Å². The lowest BCUT2D eigenvalue weighted by Gasteiger charge is -2.12. The van der Waals surface area contributed by atoms with Crippen molar-refractivity contribution >= 4 is 0 Å². The van der Waals surface area contributed by atoms with Crippen molar-refractivity contribution < 1.29 is 14.4 Å². The number of hydrogen-bond acceptors (Lipinski definition) is 6. The van der Waals surface area contributed by atoms with Crippen molar-refractivity contribution in [1.82, 2.24) is 15.0 Å². The zero-order valence-corrected chi connectivity index (χ0v) is 13.6. The Morgan fingerprint density at radius 2 is 1.75 bits per heavy atom. The maximum atomic E-state index is 9.91. The second-order valence-electron chi connectivity index (χ2n) is 5.59. The molecule has 0 amide bonds. The Kier molecular flexibility index (Phi) is 4.77. The maximum Gasteiger partial charge on any atom is 0.262 e. The molecule has 0 saturated carbocycles. The van der Waals surface area contributed by atoms with Crippen LogP contribution in [0.1, 0.15) is 0 Å². The Hall–Kier alpha value is -2.86. The normalized spacial score (nSPS) is 11.0. The van der Waals surface area contributed by atoms with Crippen molar-refractivity contribution in [1.29, 1.82) is 0 Å². The summed E-state index contributed by atoms with van der Waals surface area (Å²) in [5, 5.41) is 13.9. The number of ether oxygens (including phenoxy) is 1. The molecule has 0 fully saturated rings. The van der Waals surface area contributed by atoms with E-state index in [0.717, 1.165) is 12.1 Å². The summed E-state index contributed by atoms with van der Waals surface area (Å²) in [5.74, 6) is 1.49. The molecule has 24 heavy (non-hydrogen) atoms. The number of rotatable bonds is 6. The van der Waals surface area contributed by atoms with E-state index < -0.39 is 0 Å².